The normalized spacial score (nSPS) is 15.9. The minimum absolute atomic E-state index is 0.515. The monoisotopic (exact) mass is 250 g/mol. The molecule has 0 amide bonds. The molecule has 0 aliphatic heterocycles. The van der Waals surface area contributed by atoms with E-state index in [4.69, 9.17) is 12.2 Å². The van der Waals surface area contributed by atoms with E-state index in [2.05, 4.69) is 20.6 Å². The van der Waals surface area contributed by atoms with Gasteiger partial charge in [0.1, 0.15) is 0 Å². The number of thiocarbonyl (C=S) groups is 1. The molecule has 0 spiro atoms. The Hall–Kier alpha value is -1.23. The zero-order valence-corrected chi connectivity index (χ0v) is 11.1. The molecule has 1 aromatic rings. The van der Waals surface area contributed by atoms with E-state index in [9.17, 15) is 0 Å². The minimum Gasteiger partial charge on any atom is -0.360 e. The van der Waals surface area contributed by atoms with Gasteiger partial charge in [0.2, 0.25) is 5.95 Å². The van der Waals surface area contributed by atoms with Gasteiger partial charge in [-0.1, -0.05) is 12.8 Å². The van der Waals surface area contributed by atoms with Gasteiger partial charge >= 0.3 is 0 Å². The first kappa shape index (κ1) is 12.2. The molecule has 5 heteroatoms. The van der Waals surface area contributed by atoms with Crippen LogP contribution in [-0.2, 0) is 0 Å². The zero-order valence-electron chi connectivity index (χ0n) is 10.3. The first-order valence-electron chi connectivity index (χ1n) is 6.03. The van der Waals surface area contributed by atoms with Crippen molar-refractivity contribution in [1.82, 2.24) is 15.3 Å². The second-order valence-corrected chi connectivity index (χ2v) is 4.96. The van der Waals surface area contributed by atoms with Gasteiger partial charge in [-0.2, -0.15) is 0 Å². The van der Waals surface area contributed by atoms with Crippen LogP contribution in [0.3, 0.4) is 0 Å². The van der Waals surface area contributed by atoms with Crippen LogP contribution in [0.2, 0.25) is 0 Å². The van der Waals surface area contributed by atoms with Crippen LogP contribution < -0.4 is 10.6 Å². The van der Waals surface area contributed by atoms with Crippen LogP contribution in [0.1, 0.15) is 37.1 Å². The largest absolute Gasteiger partial charge is 0.360 e. The standard InChI is InChI=1S/C12H18N4S/c1-8-7-9(2)14-11(13-8)16-12(17)15-10-5-3-4-6-10/h7,10H,3-6H2,1-2H3,(H2,13,14,15,16,17). The Morgan fingerprint density at radius 2 is 1.82 bits per heavy atom. The highest BCUT2D eigenvalue weighted by atomic mass is 32.1. The maximum absolute atomic E-state index is 5.26. The molecule has 0 atom stereocenters. The van der Waals surface area contributed by atoms with E-state index < -0.39 is 0 Å². The summed E-state index contributed by atoms with van der Waals surface area (Å²) in [5, 5.41) is 6.98. The quantitative estimate of drug-likeness (QED) is 0.789. The summed E-state index contributed by atoms with van der Waals surface area (Å²) >= 11 is 5.26. The second-order valence-electron chi connectivity index (χ2n) is 4.55. The van der Waals surface area contributed by atoms with E-state index in [1.54, 1.807) is 0 Å². The van der Waals surface area contributed by atoms with Gasteiger partial charge in [-0.15, -0.1) is 0 Å². The molecule has 0 saturated heterocycles. The van der Waals surface area contributed by atoms with E-state index in [0.29, 0.717) is 17.1 Å². The molecule has 0 aromatic carbocycles. The lowest BCUT2D eigenvalue weighted by Crippen LogP contribution is -2.36. The SMILES string of the molecule is Cc1cc(C)nc(NC(=S)NC2CCCC2)n1. The smallest absolute Gasteiger partial charge is 0.229 e. The molecule has 1 aliphatic rings. The number of hydrogen-bond donors (Lipinski definition) is 2. The lowest BCUT2D eigenvalue weighted by Gasteiger charge is -2.15. The summed E-state index contributed by atoms with van der Waals surface area (Å²) in [6.45, 7) is 3.90. The number of anilines is 1. The average Bonchev–Trinajstić information content (AvgIpc) is 2.67. The van der Waals surface area contributed by atoms with Crippen LogP contribution in [0, 0.1) is 13.8 Å². The van der Waals surface area contributed by atoms with Crippen LogP contribution >= 0.6 is 12.2 Å². The van der Waals surface area contributed by atoms with Crippen molar-refractivity contribution in [3.63, 3.8) is 0 Å². The molecule has 17 heavy (non-hydrogen) atoms. The predicted molar refractivity (Wildman–Crippen MR) is 73.1 cm³/mol. The number of rotatable bonds is 2. The summed E-state index contributed by atoms with van der Waals surface area (Å²) in [5.74, 6) is 0.581. The summed E-state index contributed by atoms with van der Waals surface area (Å²) in [4.78, 5) is 8.60. The minimum atomic E-state index is 0.515. The number of nitrogens with one attached hydrogen (secondary N) is 2. The topological polar surface area (TPSA) is 49.8 Å². The van der Waals surface area contributed by atoms with Crippen LogP contribution in [0.5, 0.6) is 0 Å². The van der Waals surface area contributed by atoms with Crippen LogP contribution in [0.15, 0.2) is 6.07 Å². The second kappa shape index (κ2) is 5.40. The van der Waals surface area contributed by atoms with Crippen LogP contribution in [-0.4, -0.2) is 21.1 Å². The van der Waals surface area contributed by atoms with Gasteiger partial charge in [0.15, 0.2) is 5.11 Å². The highest BCUT2D eigenvalue weighted by Crippen LogP contribution is 2.17. The van der Waals surface area contributed by atoms with E-state index in [0.717, 1.165) is 11.4 Å². The summed E-state index contributed by atoms with van der Waals surface area (Å²) in [6.07, 6.45) is 4.99. The fraction of sp³-hybridized carbons (Fsp3) is 0.583. The summed E-state index contributed by atoms with van der Waals surface area (Å²) in [7, 11) is 0. The van der Waals surface area contributed by atoms with Gasteiger partial charge < -0.3 is 10.6 Å². The molecule has 0 unspecified atom stereocenters. The fourth-order valence-electron chi connectivity index (χ4n) is 2.18. The highest BCUT2D eigenvalue weighted by molar-refractivity contribution is 7.80. The Morgan fingerprint density at radius 1 is 1.24 bits per heavy atom. The molecule has 0 radical (unpaired) electrons. The molecule has 1 heterocycles. The molecule has 1 aromatic heterocycles. The van der Waals surface area contributed by atoms with Crippen molar-refractivity contribution in [2.24, 2.45) is 0 Å². The summed E-state index contributed by atoms with van der Waals surface area (Å²) in [5.41, 5.74) is 1.90. The van der Waals surface area contributed by atoms with E-state index in [1.165, 1.54) is 25.7 Å². The molecule has 1 saturated carbocycles. The Bertz CT molecular complexity index is 393. The first-order chi connectivity index (χ1) is 8.13. The molecule has 1 fully saturated rings. The molecule has 2 rings (SSSR count). The van der Waals surface area contributed by atoms with Crippen LogP contribution in [0.4, 0.5) is 5.95 Å². The molecule has 0 bridgehead atoms. The molecule has 2 N–H and O–H groups in total. The van der Waals surface area contributed by atoms with Crippen molar-refractivity contribution >= 4 is 23.3 Å². The number of aryl methyl sites for hydroxylation is 2. The van der Waals surface area contributed by atoms with Crippen molar-refractivity contribution < 1.29 is 0 Å². The molecule has 92 valence electrons. The summed E-state index contributed by atoms with van der Waals surface area (Å²) < 4.78 is 0. The maximum atomic E-state index is 5.26. The highest BCUT2D eigenvalue weighted by Gasteiger charge is 2.15. The summed E-state index contributed by atoms with van der Waals surface area (Å²) in [6, 6.07) is 2.46. The number of nitrogens with zero attached hydrogens (tertiary/aromatic N) is 2. The number of aromatic nitrogens is 2. The van der Waals surface area contributed by atoms with Crippen molar-refractivity contribution in [2.75, 3.05) is 5.32 Å². The predicted octanol–water partition coefficient (Wildman–Crippen LogP) is 2.32. The van der Waals surface area contributed by atoms with Gasteiger partial charge in [0.25, 0.3) is 0 Å². The van der Waals surface area contributed by atoms with E-state index in [1.807, 2.05) is 19.9 Å². The van der Waals surface area contributed by atoms with E-state index >= 15 is 0 Å². The zero-order chi connectivity index (χ0) is 12.3. The Kier molecular flexibility index (Phi) is 3.89. The molecule has 4 nitrogen and oxygen atoms in total. The van der Waals surface area contributed by atoms with Crippen molar-refractivity contribution in [3.05, 3.63) is 17.5 Å². The molecular weight excluding hydrogens is 232 g/mol. The van der Waals surface area contributed by atoms with Gasteiger partial charge in [-0.05, 0) is 45.0 Å². The third-order valence-electron chi connectivity index (χ3n) is 2.90. The lowest BCUT2D eigenvalue weighted by atomic mass is 10.3. The first-order valence-corrected chi connectivity index (χ1v) is 6.44. The molecular formula is C12H18N4S. The van der Waals surface area contributed by atoms with Crippen LogP contribution in [0.25, 0.3) is 0 Å². The Labute approximate surface area is 107 Å². The average molecular weight is 250 g/mol. The lowest BCUT2D eigenvalue weighted by molar-refractivity contribution is 0.634. The Balaban J connectivity index is 1.92. The van der Waals surface area contributed by atoms with Gasteiger partial charge in [-0.3, -0.25) is 0 Å². The third-order valence-corrected chi connectivity index (χ3v) is 3.12. The van der Waals surface area contributed by atoms with Gasteiger partial charge in [-0.25, -0.2) is 9.97 Å². The Morgan fingerprint density at radius 3 is 2.41 bits per heavy atom. The van der Waals surface area contributed by atoms with Crippen molar-refractivity contribution in [1.29, 1.82) is 0 Å². The van der Waals surface area contributed by atoms with Gasteiger partial charge in [0.05, 0.1) is 0 Å². The van der Waals surface area contributed by atoms with Gasteiger partial charge in [0, 0.05) is 17.4 Å². The maximum Gasteiger partial charge on any atom is 0.229 e. The van der Waals surface area contributed by atoms with Crippen molar-refractivity contribution in [3.8, 4) is 0 Å². The number of hydrogen-bond acceptors (Lipinski definition) is 3. The molecule has 1 aliphatic carbocycles. The van der Waals surface area contributed by atoms with Crippen molar-refractivity contribution in [2.45, 2.75) is 45.6 Å². The third kappa shape index (κ3) is 3.63. The van der Waals surface area contributed by atoms with E-state index in [-0.39, 0.29) is 0 Å². The fourth-order valence-corrected chi connectivity index (χ4v) is 2.43.